The average Bonchev–Trinajstić information content (AvgIpc) is 3.07. The van der Waals surface area contributed by atoms with Crippen LogP contribution < -0.4 is 5.32 Å². The van der Waals surface area contributed by atoms with E-state index >= 15 is 0 Å². The highest BCUT2D eigenvalue weighted by Crippen LogP contribution is 2.28. The van der Waals surface area contributed by atoms with E-state index in [1.807, 2.05) is 20.8 Å². The summed E-state index contributed by atoms with van der Waals surface area (Å²) in [5.41, 5.74) is 0.215. The molecule has 0 atom stereocenters. The molecule has 1 amide bonds. The van der Waals surface area contributed by atoms with Gasteiger partial charge in [-0.2, -0.15) is 0 Å². The van der Waals surface area contributed by atoms with Crippen LogP contribution in [0.1, 0.15) is 36.8 Å². The Morgan fingerprint density at radius 1 is 1.33 bits per heavy atom. The molecule has 2 aromatic rings. The molecule has 0 bridgehead atoms. The minimum atomic E-state index is -0.839. The van der Waals surface area contributed by atoms with Crippen LogP contribution in [0.25, 0.3) is 0 Å². The summed E-state index contributed by atoms with van der Waals surface area (Å²) in [5, 5.41) is 17.4. The molecule has 0 aliphatic carbocycles. The number of carbonyl (C=O) groups excluding carboxylic acids is 2. The summed E-state index contributed by atoms with van der Waals surface area (Å²) in [6.07, 6.45) is 1.69. The third kappa shape index (κ3) is 5.30. The third-order valence-corrected chi connectivity index (χ3v) is 4.27. The van der Waals surface area contributed by atoms with E-state index in [9.17, 15) is 19.7 Å². The largest absolute Gasteiger partial charge is 0.452 e. The van der Waals surface area contributed by atoms with Gasteiger partial charge in [-0.25, -0.2) is 4.79 Å². The maximum absolute atomic E-state index is 12.0. The molecule has 0 saturated heterocycles. The maximum atomic E-state index is 12.0. The molecule has 1 N–H and O–H groups in total. The fourth-order valence-electron chi connectivity index (χ4n) is 2.04. The van der Waals surface area contributed by atoms with Crippen LogP contribution in [0, 0.1) is 10.1 Å². The van der Waals surface area contributed by atoms with Gasteiger partial charge in [0.25, 0.3) is 11.6 Å². The molecule has 0 aliphatic heterocycles. The van der Waals surface area contributed by atoms with E-state index in [1.54, 1.807) is 12.3 Å². The quantitative estimate of drug-likeness (QED) is 0.343. The molecule has 0 aliphatic rings. The number of hydrogen-bond acceptors (Lipinski definition) is 8. The second-order valence-electron chi connectivity index (χ2n) is 6.59. The highest BCUT2D eigenvalue weighted by molar-refractivity contribution is 7.98. The number of nitrogens with zero attached hydrogens (tertiary/aromatic N) is 2. The first-order valence-corrected chi connectivity index (χ1v) is 9.11. The van der Waals surface area contributed by atoms with Crippen LogP contribution in [0.3, 0.4) is 0 Å². The molecule has 27 heavy (non-hydrogen) atoms. The molecular formula is C17H19N3O6S. The Hall–Kier alpha value is -2.88. The number of aromatic nitrogens is 1. The van der Waals surface area contributed by atoms with Crippen molar-refractivity contribution in [3.63, 3.8) is 0 Å². The lowest BCUT2D eigenvalue weighted by molar-refractivity contribution is -0.387. The number of carbonyl (C=O) groups is 2. The third-order valence-electron chi connectivity index (χ3n) is 3.49. The number of anilines is 1. The summed E-state index contributed by atoms with van der Waals surface area (Å²) in [4.78, 5) is 34.8. The number of esters is 1. The predicted octanol–water partition coefficient (Wildman–Crippen LogP) is 3.40. The van der Waals surface area contributed by atoms with E-state index in [2.05, 4.69) is 10.5 Å². The summed E-state index contributed by atoms with van der Waals surface area (Å²) in [6.45, 7) is 5.27. The SMILES string of the molecule is CSc1ccc(C(=O)OCC(=O)Nc2cc(C(C)(C)C)no2)cc1[N+](=O)[O-]. The number of amides is 1. The smallest absolute Gasteiger partial charge is 0.338 e. The number of hydrogen-bond donors (Lipinski definition) is 1. The zero-order valence-corrected chi connectivity index (χ0v) is 16.1. The van der Waals surface area contributed by atoms with Gasteiger partial charge in [-0.05, 0) is 18.4 Å². The molecule has 0 spiro atoms. The van der Waals surface area contributed by atoms with E-state index in [0.29, 0.717) is 10.6 Å². The van der Waals surface area contributed by atoms with E-state index < -0.39 is 23.4 Å². The summed E-state index contributed by atoms with van der Waals surface area (Å²) < 4.78 is 9.92. The number of ether oxygens (including phenoxy) is 1. The molecule has 0 unspecified atom stereocenters. The first-order valence-electron chi connectivity index (χ1n) is 7.88. The molecule has 1 aromatic heterocycles. The number of nitro benzene ring substituents is 1. The van der Waals surface area contributed by atoms with Crippen molar-refractivity contribution >= 4 is 35.2 Å². The normalized spacial score (nSPS) is 11.1. The van der Waals surface area contributed by atoms with E-state index in [4.69, 9.17) is 9.26 Å². The zero-order valence-electron chi connectivity index (χ0n) is 15.3. The van der Waals surface area contributed by atoms with Crippen LogP contribution in [0.15, 0.2) is 33.7 Å². The minimum Gasteiger partial charge on any atom is -0.452 e. The van der Waals surface area contributed by atoms with Crippen molar-refractivity contribution in [1.82, 2.24) is 5.16 Å². The molecule has 0 saturated carbocycles. The van der Waals surface area contributed by atoms with Crippen LogP contribution in [0.4, 0.5) is 11.6 Å². The Balaban J connectivity index is 1.97. The molecule has 144 valence electrons. The van der Waals surface area contributed by atoms with E-state index in [1.165, 1.54) is 23.9 Å². The predicted molar refractivity (Wildman–Crippen MR) is 99.0 cm³/mol. The number of benzene rings is 1. The van der Waals surface area contributed by atoms with Crippen molar-refractivity contribution < 1.29 is 23.8 Å². The van der Waals surface area contributed by atoms with Gasteiger partial charge in [-0.15, -0.1) is 11.8 Å². The summed E-state index contributed by atoms with van der Waals surface area (Å²) in [5.74, 6) is -1.31. The molecule has 9 nitrogen and oxygen atoms in total. The van der Waals surface area contributed by atoms with Gasteiger partial charge in [-0.1, -0.05) is 25.9 Å². The zero-order chi connectivity index (χ0) is 20.2. The second-order valence-corrected chi connectivity index (χ2v) is 7.44. The first-order chi connectivity index (χ1) is 12.6. The van der Waals surface area contributed by atoms with Gasteiger partial charge in [0.05, 0.1) is 21.1 Å². The van der Waals surface area contributed by atoms with Crippen molar-refractivity contribution in [2.24, 2.45) is 0 Å². The Bertz CT molecular complexity index is 872. The monoisotopic (exact) mass is 393 g/mol. The average molecular weight is 393 g/mol. The molecule has 1 heterocycles. The van der Waals surface area contributed by atoms with Crippen molar-refractivity contribution in [1.29, 1.82) is 0 Å². The van der Waals surface area contributed by atoms with Crippen LogP contribution >= 0.6 is 11.8 Å². The number of nitrogens with one attached hydrogen (secondary N) is 1. The fraction of sp³-hybridized carbons (Fsp3) is 0.353. The molecular weight excluding hydrogens is 374 g/mol. The topological polar surface area (TPSA) is 125 Å². The summed E-state index contributed by atoms with van der Waals surface area (Å²) in [7, 11) is 0. The summed E-state index contributed by atoms with van der Waals surface area (Å²) >= 11 is 1.19. The number of nitro groups is 1. The Labute approximate surface area is 159 Å². The molecule has 0 fully saturated rings. The van der Waals surface area contributed by atoms with Gasteiger partial charge in [0, 0.05) is 17.5 Å². The van der Waals surface area contributed by atoms with Gasteiger partial charge in [-0.3, -0.25) is 20.2 Å². The Kier molecular flexibility index (Phi) is 6.21. The number of thioether (sulfide) groups is 1. The first kappa shape index (κ1) is 20.4. The van der Waals surface area contributed by atoms with Crippen molar-refractivity contribution in [2.75, 3.05) is 18.2 Å². The highest BCUT2D eigenvalue weighted by atomic mass is 32.2. The van der Waals surface area contributed by atoms with Gasteiger partial charge >= 0.3 is 5.97 Å². The maximum Gasteiger partial charge on any atom is 0.338 e. The fourth-order valence-corrected chi connectivity index (χ4v) is 2.58. The van der Waals surface area contributed by atoms with E-state index in [-0.39, 0.29) is 22.6 Å². The minimum absolute atomic E-state index is 0.0121. The van der Waals surface area contributed by atoms with Gasteiger partial charge in [0.2, 0.25) is 5.88 Å². The Morgan fingerprint density at radius 2 is 2.04 bits per heavy atom. The lowest BCUT2D eigenvalue weighted by atomic mass is 9.92. The summed E-state index contributed by atoms with van der Waals surface area (Å²) in [6, 6.07) is 5.58. The molecule has 2 rings (SSSR count). The lowest BCUT2D eigenvalue weighted by Crippen LogP contribution is -2.20. The van der Waals surface area contributed by atoms with Crippen molar-refractivity contribution in [3.8, 4) is 0 Å². The standard InChI is InChI=1S/C17H19N3O6S/c1-17(2,3)13-8-15(26-19-13)18-14(21)9-25-16(22)10-5-6-12(27-4)11(7-10)20(23)24/h5-8H,9H2,1-4H3,(H,18,21). The van der Waals surface area contributed by atoms with Crippen LogP contribution in [-0.2, 0) is 14.9 Å². The van der Waals surface area contributed by atoms with Gasteiger partial charge < -0.3 is 9.26 Å². The Morgan fingerprint density at radius 3 is 2.59 bits per heavy atom. The van der Waals surface area contributed by atoms with Gasteiger partial charge in [0.15, 0.2) is 6.61 Å². The van der Waals surface area contributed by atoms with Gasteiger partial charge in [0.1, 0.15) is 0 Å². The van der Waals surface area contributed by atoms with E-state index in [0.717, 1.165) is 6.07 Å². The second kappa shape index (κ2) is 8.21. The molecule has 1 aromatic carbocycles. The molecule has 0 radical (unpaired) electrons. The van der Waals surface area contributed by atoms with Crippen LogP contribution in [0.2, 0.25) is 0 Å². The lowest BCUT2D eigenvalue weighted by Gasteiger charge is -2.12. The molecule has 10 heteroatoms. The number of rotatable bonds is 6. The van der Waals surface area contributed by atoms with Crippen LogP contribution in [-0.4, -0.2) is 34.8 Å². The highest BCUT2D eigenvalue weighted by Gasteiger charge is 2.21. The van der Waals surface area contributed by atoms with Crippen molar-refractivity contribution in [3.05, 3.63) is 45.6 Å². The van der Waals surface area contributed by atoms with Crippen LogP contribution in [0.5, 0.6) is 0 Å². The van der Waals surface area contributed by atoms with Crippen molar-refractivity contribution in [2.45, 2.75) is 31.1 Å².